The largest absolute Gasteiger partial charge is 0.322 e. The maximum atomic E-state index is 13.5. The van der Waals surface area contributed by atoms with Gasteiger partial charge in [-0.15, -0.1) is 23.2 Å². The van der Waals surface area contributed by atoms with E-state index in [1.165, 1.54) is 12.1 Å². The fourth-order valence-electron chi connectivity index (χ4n) is 5.12. The lowest BCUT2D eigenvalue weighted by Gasteiger charge is -2.34. The van der Waals surface area contributed by atoms with Crippen LogP contribution in [0, 0.1) is 25.7 Å². The van der Waals surface area contributed by atoms with Crippen molar-refractivity contribution in [2.75, 3.05) is 10.2 Å². The number of nitrogens with one attached hydrogen (secondary N) is 1. The van der Waals surface area contributed by atoms with Gasteiger partial charge in [0.25, 0.3) is 5.91 Å². The van der Waals surface area contributed by atoms with Gasteiger partial charge in [-0.1, -0.05) is 64.6 Å². The molecule has 35 heavy (non-hydrogen) atoms. The van der Waals surface area contributed by atoms with Crippen LogP contribution in [0.15, 0.2) is 52.5 Å². The van der Waals surface area contributed by atoms with Crippen LogP contribution in [0.4, 0.5) is 11.4 Å². The second-order valence-electron chi connectivity index (χ2n) is 8.85. The molecule has 5 nitrogen and oxygen atoms in total. The molecular formula is C24H16Cl6N2O3. The van der Waals surface area contributed by atoms with Crippen LogP contribution in [0.5, 0.6) is 0 Å². The molecular weight excluding hydrogens is 577 g/mol. The van der Waals surface area contributed by atoms with Crippen LogP contribution >= 0.6 is 69.6 Å². The molecule has 1 N–H and O–H groups in total. The molecule has 182 valence electrons. The minimum Gasteiger partial charge on any atom is -0.322 e. The molecule has 4 atom stereocenters. The van der Waals surface area contributed by atoms with Crippen LogP contribution in [0.25, 0.3) is 0 Å². The maximum Gasteiger partial charge on any atom is 0.255 e. The van der Waals surface area contributed by atoms with Crippen molar-refractivity contribution in [2.24, 2.45) is 11.8 Å². The summed E-state index contributed by atoms with van der Waals surface area (Å²) in [6.45, 7) is 3.84. The van der Waals surface area contributed by atoms with E-state index < -0.39 is 43.6 Å². The van der Waals surface area contributed by atoms with Crippen molar-refractivity contribution >= 4 is 98.7 Å². The van der Waals surface area contributed by atoms with Crippen LogP contribution in [-0.2, 0) is 9.59 Å². The summed E-state index contributed by atoms with van der Waals surface area (Å²) in [5.74, 6) is -4.26. The van der Waals surface area contributed by atoms with Gasteiger partial charge in [0.1, 0.15) is 9.75 Å². The van der Waals surface area contributed by atoms with Gasteiger partial charge in [0.05, 0.1) is 27.6 Å². The molecule has 0 radical (unpaired) electrons. The average molecular weight is 593 g/mol. The smallest absolute Gasteiger partial charge is 0.255 e. The third kappa shape index (κ3) is 3.00. The molecule has 2 aliphatic carbocycles. The average Bonchev–Trinajstić information content (AvgIpc) is 3.20. The Labute approximate surface area is 231 Å². The van der Waals surface area contributed by atoms with Crippen LogP contribution in [0.3, 0.4) is 0 Å². The molecule has 1 aliphatic heterocycles. The van der Waals surface area contributed by atoms with Gasteiger partial charge in [-0.25, -0.2) is 4.90 Å². The first-order valence-electron chi connectivity index (χ1n) is 10.5. The number of alkyl halides is 4. The Morgan fingerprint density at radius 2 is 1.43 bits per heavy atom. The number of allylic oxidation sites excluding steroid dienone is 2. The Bertz CT molecular complexity index is 1330. The van der Waals surface area contributed by atoms with Crippen molar-refractivity contribution in [3.8, 4) is 0 Å². The van der Waals surface area contributed by atoms with Crippen LogP contribution < -0.4 is 10.2 Å². The zero-order valence-corrected chi connectivity index (χ0v) is 22.7. The van der Waals surface area contributed by atoms with Gasteiger partial charge >= 0.3 is 0 Å². The van der Waals surface area contributed by atoms with Crippen molar-refractivity contribution in [3.05, 3.63) is 69.2 Å². The van der Waals surface area contributed by atoms with Crippen molar-refractivity contribution in [3.63, 3.8) is 0 Å². The van der Waals surface area contributed by atoms with Crippen molar-refractivity contribution in [1.29, 1.82) is 0 Å². The van der Waals surface area contributed by atoms with Gasteiger partial charge in [-0.05, 0) is 49.2 Å². The molecule has 2 fully saturated rings. The fourth-order valence-corrected chi connectivity index (χ4v) is 8.05. The normalized spacial score (nSPS) is 30.8. The molecule has 2 aromatic rings. The number of hydrogen-bond acceptors (Lipinski definition) is 3. The summed E-state index contributed by atoms with van der Waals surface area (Å²) in [5.41, 5.74) is 3.02. The lowest BCUT2D eigenvalue weighted by molar-refractivity contribution is -0.123. The highest BCUT2D eigenvalue weighted by molar-refractivity contribution is 6.67. The number of carbonyl (C=O) groups is 3. The van der Waals surface area contributed by atoms with E-state index in [0.29, 0.717) is 5.69 Å². The number of rotatable bonds is 3. The number of fused-ring (bicyclic) bond motifs is 5. The number of carbonyl (C=O) groups excluding carboxylic acids is 3. The highest BCUT2D eigenvalue weighted by atomic mass is 35.5. The van der Waals surface area contributed by atoms with Gasteiger partial charge in [-0.3, -0.25) is 14.4 Å². The number of anilines is 2. The summed E-state index contributed by atoms with van der Waals surface area (Å²) in [6, 6.07) is 11.7. The highest BCUT2D eigenvalue weighted by Crippen LogP contribution is 2.77. The molecule has 3 amide bonds. The van der Waals surface area contributed by atoms with E-state index in [2.05, 4.69) is 5.32 Å². The maximum absolute atomic E-state index is 13.5. The first-order chi connectivity index (χ1) is 16.3. The molecule has 0 unspecified atom stereocenters. The molecule has 5 rings (SSSR count). The SMILES string of the molecule is Cc1cccc(NC(=O)c2cccc(N3C(=O)[C@@H]4[C@H](C3=O)[C@@]3(Cl)C(Cl)=C(Cl)[C@@]4(Cl)C3(Cl)Cl)c2)c1C. The first-order valence-corrected chi connectivity index (χ1v) is 12.7. The Morgan fingerprint density at radius 1 is 0.886 bits per heavy atom. The quantitative estimate of drug-likeness (QED) is 0.326. The summed E-state index contributed by atoms with van der Waals surface area (Å²) in [4.78, 5) is 37.2. The summed E-state index contributed by atoms with van der Waals surface area (Å²) >= 11 is 39.2. The zero-order valence-electron chi connectivity index (χ0n) is 18.1. The predicted molar refractivity (Wildman–Crippen MR) is 140 cm³/mol. The van der Waals surface area contributed by atoms with E-state index in [0.717, 1.165) is 16.0 Å². The lowest BCUT2D eigenvalue weighted by Crippen LogP contribution is -2.50. The predicted octanol–water partition coefficient (Wildman–Crippen LogP) is 6.51. The molecule has 11 heteroatoms. The number of benzene rings is 2. The van der Waals surface area contributed by atoms with Gasteiger partial charge in [0, 0.05) is 11.3 Å². The molecule has 1 saturated heterocycles. The molecule has 1 saturated carbocycles. The standard InChI is InChI=1S/C24H16Cl6N2O3/c1-10-5-3-8-14(11(10)2)31-19(33)12-6-4-7-13(9-12)32-20(34)15-16(21(32)35)23(28)18(26)17(25)22(15,27)24(23,29)30/h3-9,15-16H,1-2H3,(H,31,33)/t15-,16+,22-,23-/m1/s1. The number of halogens is 6. The number of imide groups is 1. The number of hydrogen-bond donors (Lipinski definition) is 1. The van der Waals surface area contributed by atoms with Crippen molar-refractivity contribution in [1.82, 2.24) is 0 Å². The monoisotopic (exact) mass is 590 g/mol. The molecule has 0 spiro atoms. The van der Waals surface area contributed by atoms with E-state index in [-0.39, 0.29) is 21.3 Å². The molecule has 2 bridgehead atoms. The van der Waals surface area contributed by atoms with Crippen LogP contribution in [-0.4, -0.2) is 31.8 Å². The minimum absolute atomic E-state index is 0.160. The summed E-state index contributed by atoms with van der Waals surface area (Å²) in [6.07, 6.45) is 0. The van der Waals surface area contributed by atoms with Gasteiger partial charge in [0.15, 0.2) is 4.33 Å². The summed E-state index contributed by atoms with van der Waals surface area (Å²) in [5, 5.41) is 2.54. The third-order valence-electron chi connectivity index (χ3n) is 7.13. The number of nitrogens with zero attached hydrogens (tertiary/aromatic N) is 1. The Hall–Kier alpha value is -1.47. The van der Waals surface area contributed by atoms with Gasteiger partial charge in [-0.2, -0.15) is 0 Å². The fraction of sp³-hybridized carbons (Fsp3) is 0.292. The Balaban J connectivity index is 1.50. The summed E-state index contributed by atoms with van der Waals surface area (Å²) < 4.78 is -2.00. The molecule has 2 aromatic carbocycles. The van der Waals surface area contributed by atoms with E-state index in [1.807, 2.05) is 26.0 Å². The van der Waals surface area contributed by atoms with E-state index >= 15 is 0 Å². The second kappa shape index (κ2) is 8.01. The molecule has 0 aromatic heterocycles. The van der Waals surface area contributed by atoms with Crippen molar-refractivity contribution in [2.45, 2.75) is 27.9 Å². The lowest BCUT2D eigenvalue weighted by atomic mass is 9.84. The first kappa shape index (κ1) is 25.2. The molecule has 3 aliphatic rings. The third-order valence-corrected chi connectivity index (χ3v) is 11.4. The minimum atomic E-state index is -2.00. The zero-order chi connectivity index (χ0) is 25.7. The number of aryl methyl sites for hydroxylation is 1. The summed E-state index contributed by atoms with van der Waals surface area (Å²) in [7, 11) is 0. The number of amides is 3. The Kier molecular flexibility index (Phi) is 5.77. The topological polar surface area (TPSA) is 66.5 Å². The van der Waals surface area contributed by atoms with Crippen LogP contribution in [0.2, 0.25) is 0 Å². The van der Waals surface area contributed by atoms with Crippen LogP contribution in [0.1, 0.15) is 21.5 Å². The van der Waals surface area contributed by atoms with E-state index in [9.17, 15) is 14.4 Å². The molecule has 1 heterocycles. The van der Waals surface area contributed by atoms with E-state index in [1.54, 1.807) is 18.2 Å². The van der Waals surface area contributed by atoms with E-state index in [4.69, 9.17) is 69.6 Å². The highest BCUT2D eigenvalue weighted by Gasteiger charge is 2.87. The van der Waals surface area contributed by atoms with Gasteiger partial charge < -0.3 is 5.32 Å². The Morgan fingerprint density at radius 3 is 2.00 bits per heavy atom. The van der Waals surface area contributed by atoms with Gasteiger partial charge in [0.2, 0.25) is 11.8 Å². The second-order valence-corrected chi connectivity index (χ2v) is 12.1. The van der Waals surface area contributed by atoms with Crippen molar-refractivity contribution < 1.29 is 14.4 Å².